The van der Waals surface area contributed by atoms with E-state index in [4.69, 9.17) is 4.74 Å². The summed E-state index contributed by atoms with van der Waals surface area (Å²) in [5.74, 6) is 0.445. The van der Waals surface area contributed by atoms with Crippen molar-refractivity contribution in [3.8, 4) is 0 Å². The second-order valence-corrected chi connectivity index (χ2v) is 6.22. The molecule has 0 bridgehead atoms. The predicted molar refractivity (Wildman–Crippen MR) is 82.0 cm³/mol. The van der Waals surface area contributed by atoms with Gasteiger partial charge in [-0.15, -0.1) is 0 Å². The smallest absolute Gasteiger partial charge is 0.249 e. The van der Waals surface area contributed by atoms with Gasteiger partial charge in [-0.05, 0) is 17.9 Å². The third kappa shape index (κ3) is 3.14. The van der Waals surface area contributed by atoms with Crippen LogP contribution in [0.4, 0.5) is 0 Å². The molecule has 5 nitrogen and oxygen atoms in total. The summed E-state index contributed by atoms with van der Waals surface area (Å²) in [7, 11) is 0. The first-order valence-corrected chi connectivity index (χ1v) is 7.85. The first-order chi connectivity index (χ1) is 10.6. The van der Waals surface area contributed by atoms with Crippen molar-refractivity contribution in [2.45, 2.75) is 25.9 Å². The summed E-state index contributed by atoms with van der Waals surface area (Å²) >= 11 is 0. The van der Waals surface area contributed by atoms with Crippen molar-refractivity contribution in [1.82, 2.24) is 9.80 Å². The van der Waals surface area contributed by atoms with Gasteiger partial charge in [0, 0.05) is 19.6 Å². The highest BCUT2D eigenvalue weighted by Crippen LogP contribution is 2.20. The normalized spacial score (nSPS) is 25.6. The summed E-state index contributed by atoms with van der Waals surface area (Å²) < 4.78 is 5.33. The van der Waals surface area contributed by atoms with Crippen LogP contribution in [0, 0.1) is 5.92 Å². The molecule has 3 rings (SSSR count). The molecule has 0 saturated carbocycles. The number of likely N-dealkylation sites (tertiary alicyclic amines) is 1. The van der Waals surface area contributed by atoms with Gasteiger partial charge in [0.15, 0.2) is 0 Å². The molecule has 2 aliphatic rings. The van der Waals surface area contributed by atoms with Crippen LogP contribution in [0.25, 0.3) is 0 Å². The number of amides is 2. The van der Waals surface area contributed by atoms with E-state index < -0.39 is 6.04 Å². The van der Waals surface area contributed by atoms with Crippen LogP contribution >= 0.6 is 0 Å². The largest absolute Gasteiger partial charge is 0.369 e. The molecule has 5 heteroatoms. The van der Waals surface area contributed by atoms with Gasteiger partial charge in [-0.1, -0.05) is 37.3 Å². The molecule has 0 aromatic heterocycles. The molecule has 2 aliphatic heterocycles. The first-order valence-electron chi connectivity index (χ1n) is 7.85. The third-order valence-electron chi connectivity index (χ3n) is 4.41. The van der Waals surface area contributed by atoms with Crippen molar-refractivity contribution in [1.29, 1.82) is 0 Å². The Balaban J connectivity index is 1.75. The van der Waals surface area contributed by atoms with Crippen LogP contribution in [0.2, 0.25) is 0 Å². The minimum absolute atomic E-state index is 0.0216. The standard InChI is InChI=1S/C17H22N2O3/c1-13-7-8-18(9-13)17(21)15-11-22-12-16(20)19(15)10-14-5-3-2-4-6-14/h2-6,13,15H,7-12H2,1H3/t13-,15-/m0/s1. The SMILES string of the molecule is C[C@H]1CCN(C(=O)[C@@H]2COCC(=O)N2Cc2ccccc2)C1. The first kappa shape index (κ1) is 15.0. The average Bonchev–Trinajstić information content (AvgIpc) is 2.96. The number of benzene rings is 1. The lowest BCUT2D eigenvalue weighted by molar-refractivity contribution is -0.159. The molecule has 2 fully saturated rings. The zero-order valence-corrected chi connectivity index (χ0v) is 12.9. The maximum absolute atomic E-state index is 12.7. The fraction of sp³-hybridized carbons (Fsp3) is 0.529. The molecule has 0 aliphatic carbocycles. The summed E-state index contributed by atoms with van der Waals surface area (Å²) in [5.41, 5.74) is 1.03. The fourth-order valence-electron chi connectivity index (χ4n) is 3.13. The van der Waals surface area contributed by atoms with Gasteiger partial charge < -0.3 is 14.5 Å². The molecular weight excluding hydrogens is 280 g/mol. The summed E-state index contributed by atoms with van der Waals surface area (Å²) in [6, 6.07) is 9.29. The number of ether oxygens (including phenoxy) is 1. The zero-order valence-electron chi connectivity index (χ0n) is 12.9. The van der Waals surface area contributed by atoms with Crippen LogP contribution < -0.4 is 0 Å². The summed E-state index contributed by atoms with van der Waals surface area (Å²) in [6.45, 7) is 4.53. The summed E-state index contributed by atoms with van der Waals surface area (Å²) in [4.78, 5) is 28.5. The van der Waals surface area contributed by atoms with Crippen molar-refractivity contribution >= 4 is 11.8 Å². The van der Waals surface area contributed by atoms with Gasteiger partial charge in [0.1, 0.15) is 12.6 Å². The van der Waals surface area contributed by atoms with Crippen molar-refractivity contribution < 1.29 is 14.3 Å². The minimum Gasteiger partial charge on any atom is -0.369 e. The lowest BCUT2D eigenvalue weighted by Gasteiger charge is -2.36. The van der Waals surface area contributed by atoms with Crippen LogP contribution in [-0.2, 0) is 20.9 Å². The Labute approximate surface area is 130 Å². The van der Waals surface area contributed by atoms with Crippen LogP contribution in [0.5, 0.6) is 0 Å². The fourth-order valence-corrected chi connectivity index (χ4v) is 3.13. The molecule has 1 aromatic rings. The molecular formula is C17H22N2O3. The number of rotatable bonds is 3. The van der Waals surface area contributed by atoms with E-state index in [-0.39, 0.29) is 18.4 Å². The summed E-state index contributed by atoms with van der Waals surface area (Å²) in [5, 5.41) is 0. The van der Waals surface area contributed by atoms with Gasteiger partial charge in [0.25, 0.3) is 0 Å². The van der Waals surface area contributed by atoms with Crippen molar-refractivity contribution in [3.63, 3.8) is 0 Å². The van der Waals surface area contributed by atoms with E-state index in [1.54, 1.807) is 4.90 Å². The Morgan fingerprint density at radius 3 is 2.77 bits per heavy atom. The van der Waals surface area contributed by atoms with Crippen LogP contribution in [0.3, 0.4) is 0 Å². The Bertz CT molecular complexity index is 546. The van der Waals surface area contributed by atoms with E-state index in [9.17, 15) is 9.59 Å². The Hall–Kier alpha value is -1.88. The zero-order chi connectivity index (χ0) is 15.5. The van der Waals surface area contributed by atoms with Crippen LogP contribution in [0.15, 0.2) is 30.3 Å². The number of nitrogens with zero attached hydrogens (tertiary/aromatic N) is 2. The van der Waals surface area contributed by atoms with E-state index in [0.29, 0.717) is 19.1 Å². The molecule has 2 amide bonds. The monoisotopic (exact) mass is 302 g/mol. The van der Waals surface area contributed by atoms with Gasteiger partial charge in [-0.25, -0.2) is 0 Å². The van der Waals surface area contributed by atoms with E-state index in [2.05, 4.69) is 6.92 Å². The quantitative estimate of drug-likeness (QED) is 0.845. The molecule has 0 N–H and O–H groups in total. The van der Waals surface area contributed by atoms with E-state index in [0.717, 1.165) is 25.1 Å². The molecule has 0 radical (unpaired) electrons. The number of carbonyl (C=O) groups excluding carboxylic acids is 2. The molecule has 1 aromatic carbocycles. The van der Waals surface area contributed by atoms with Gasteiger partial charge in [-0.2, -0.15) is 0 Å². The minimum atomic E-state index is -0.494. The van der Waals surface area contributed by atoms with Crippen molar-refractivity contribution in [3.05, 3.63) is 35.9 Å². The average molecular weight is 302 g/mol. The lowest BCUT2D eigenvalue weighted by atomic mass is 10.1. The van der Waals surface area contributed by atoms with Crippen LogP contribution in [-0.4, -0.2) is 54.0 Å². The van der Waals surface area contributed by atoms with Gasteiger partial charge in [0.05, 0.1) is 6.61 Å². The highest BCUT2D eigenvalue weighted by atomic mass is 16.5. The van der Waals surface area contributed by atoms with E-state index in [1.165, 1.54) is 0 Å². The van der Waals surface area contributed by atoms with Crippen LogP contribution in [0.1, 0.15) is 18.9 Å². The molecule has 0 spiro atoms. The second-order valence-electron chi connectivity index (χ2n) is 6.22. The number of hydrogen-bond donors (Lipinski definition) is 0. The van der Waals surface area contributed by atoms with Gasteiger partial charge in [0.2, 0.25) is 11.8 Å². The molecule has 2 atom stereocenters. The highest BCUT2D eigenvalue weighted by molar-refractivity contribution is 5.89. The third-order valence-corrected chi connectivity index (χ3v) is 4.41. The lowest BCUT2D eigenvalue weighted by Crippen LogP contribution is -2.56. The molecule has 2 saturated heterocycles. The number of hydrogen-bond acceptors (Lipinski definition) is 3. The Morgan fingerprint density at radius 2 is 2.09 bits per heavy atom. The molecule has 2 heterocycles. The van der Waals surface area contributed by atoms with E-state index in [1.807, 2.05) is 35.2 Å². The Morgan fingerprint density at radius 1 is 1.32 bits per heavy atom. The predicted octanol–water partition coefficient (Wildman–Crippen LogP) is 1.28. The van der Waals surface area contributed by atoms with Gasteiger partial charge in [-0.3, -0.25) is 9.59 Å². The topological polar surface area (TPSA) is 49.9 Å². The number of carbonyl (C=O) groups is 2. The second kappa shape index (κ2) is 6.48. The van der Waals surface area contributed by atoms with Crippen molar-refractivity contribution in [2.75, 3.05) is 26.3 Å². The van der Waals surface area contributed by atoms with Gasteiger partial charge >= 0.3 is 0 Å². The number of morpholine rings is 1. The maximum Gasteiger partial charge on any atom is 0.249 e. The summed E-state index contributed by atoms with van der Waals surface area (Å²) in [6.07, 6.45) is 1.03. The highest BCUT2D eigenvalue weighted by Gasteiger charge is 2.37. The molecule has 22 heavy (non-hydrogen) atoms. The van der Waals surface area contributed by atoms with E-state index >= 15 is 0 Å². The maximum atomic E-state index is 12.7. The van der Waals surface area contributed by atoms with Crippen molar-refractivity contribution in [2.24, 2.45) is 5.92 Å². The molecule has 118 valence electrons. The Kier molecular flexibility index (Phi) is 4.43. The molecule has 0 unspecified atom stereocenters.